The average Bonchev–Trinajstić information content (AvgIpc) is 2.74. The molecule has 0 saturated carbocycles. The Morgan fingerprint density at radius 3 is 2.81 bits per heavy atom. The molecule has 0 N–H and O–H groups in total. The smallest absolute Gasteiger partial charge is 0.150 e. The molecule has 0 saturated heterocycles. The van der Waals surface area contributed by atoms with Crippen molar-refractivity contribution in [2.75, 3.05) is 7.11 Å². The monoisotopic (exact) mass is 216 g/mol. The van der Waals surface area contributed by atoms with Gasteiger partial charge in [0.05, 0.1) is 24.7 Å². The van der Waals surface area contributed by atoms with Crippen LogP contribution in [-0.4, -0.2) is 22.9 Å². The minimum atomic E-state index is 0.582. The largest absolute Gasteiger partial charge is 0.496 e. The molecule has 0 unspecified atom stereocenters. The molecule has 1 heterocycles. The number of rotatable bonds is 3. The summed E-state index contributed by atoms with van der Waals surface area (Å²) in [6.45, 7) is 0. The third-order valence-corrected chi connectivity index (χ3v) is 2.37. The molecule has 0 aliphatic carbocycles. The number of carbonyl (C=O) groups excluding carboxylic acids is 1. The molecule has 4 nitrogen and oxygen atoms in total. The van der Waals surface area contributed by atoms with Crippen molar-refractivity contribution in [2.45, 2.75) is 0 Å². The van der Waals surface area contributed by atoms with Gasteiger partial charge in [-0.15, -0.1) is 0 Å². The lowest BCUT2D eigenvalue weighted by Gasteiger charge is -2.07. The van der Waals surface area contributed by atoms with E-state index in [-0.39, 0.29) is 0 Å². The van der Waals surface area contributed by atoms with E-state index in [1.54, 1.807) is 25.6 Å². The van der Waals surface area contributed by atoms with E-state index in [0.717, 1.165) is 17.5 Å². The van der Waals surface area contributed by atoms with Crippen LogP contribution >= 0.6 is 0 Å². The SMILES string of the molecule is COc1cccc(C=O)c1-c1cn(C)cn1. The number of imidazole rings is 1. The summed E-state index contributed by atoms with van der Waals surface area (Å²) in [5, 5.41) is 0. The Bertz CT molecular complexity index is 517. The van der Waals surface area contributed by atoms with Crippen molar-refractivity contribution in [3.8, 4) is 17.0 Å². The van der Waals surface area contributed by atoms with Gasteiger partial charge in [0.15, 0.2) is 6.29 Å². The van der Waals surface area contributed by atoms with Crippen LogP contribution in [0.4, 0.5) is 0 Å². The van der Waals surface area contributed by atoms with E-state index < -0.39 is 0 Å². The van der Waals surface area contributed by atoms with E-state index in [2.05, 4.69) is 4.98 Å². The van der Waals surface area contributed by atoms with Crippen molar-refractivity contribution in [1.29, 1.82) is 0 Å². The predicted octanol–water partition coefficient (Wildman–Crippen LogP) is 1.91. The standard InChI is InChI=1S/C12H12N2O2/c1-14-6-10(13-8-14)12-9(7-15)4-3-5-11(12)16-2/h3-8H,1-2H3. The molecule has 0 bridgehead atoms. The molecule has 0 radical (unpaired) electrons. The fourth-order valence-corrected chi connectivity index (χ4v) is 1.63. The summed E-state index contributed by atoms with van der Waals surface area (Å²) >= 11 is 0. The van der Waals surface area contributed by atoms with Crippen LogP contribution in [0, 0.1) is 0 Å². The number of hydrogen-bond donors (Lipinski definition) is 0. The number of methoxy groups -OCH3 is 1. The minimum Gasteiger partial charge on any atom is -0.496 e. The van der Waals surface area contributed by atoms with Crippen molar-refractivity contribution < 1.29 is 9.53 Å². The van der Waals surface area contributed by atoms with E-state index >= 15 is 0 Å². The van der Waals surface area contributed by atoms with Crippen LogP contribution in [0.2, 0.25) is 0 Å². The lowest BCUT2D eigenvalue weighted by atomic mass is 10.0. The zero-order chi connectivity index (χ0) is 11.5. The van der Waals surface area contributed by atoms with E-state index in [1.165, 1.54) is 0 Å². The minimum absolute atomic E-state index is 0.582. The Hall–Kier alpha value is -2.10. The van der Waals surface area contributed by atoms with Crippen LogP contribution < -0.4 is 4.74 Å². The van der Waals surface area contributed by atoms with Gasteiger partial charge in [0.25, 0.3) is 0 Å². The van der Waals surface area contributed by atoms with Gasteiger partial charge in [0, 0.05) is 18.8 Å². The number of aldehydes is 1. The first-order valence-electron chi connectivity index (χ1n) is 4.86. The first kappa shape index (κ1) is 10.4. The number of ether oxygens (including phenoxy) is 1. The summed E-state index contributed by atoms with van der Waals surface area (Å²) in [5.41, 5.74) is 2.06. The maximum Gasteiger partial charge on any atom is 0.150 e. The van der Waals surface area contributed by atoms with Gasteiger partial charge in [-0.1, -0.05) is 12.1 Å². The Morgan fingerprint density at radius 1 is 1.44 bits per heavy atom. The molecule has 2 aromatic rings. The number of hydrogen-bond acceptors (Lipinski definition) is 3. The van der Waals surface area contributed by atoms with Crippen LogP contribution in [0.15, 0.2) is 30.7 Å². The fourth-order valence-electron chi connectivity index (χ4n) is 1.63. The molecular formula is C12H12N2O2. The van der Waals surface area contributed by atoms with Crippen LogP contribution in [0.1, 0.15) is 10.4 Å². The zero-order valence-corrected chi connectivity index (χ0v) is 9.18. The summed E-state index contributed by atoms with van der Waals surface area (Å²) in [4.78, 5) is 15.2. The Morgan fingerprint density at radius 2 is 2.25 bits per heavy atom. The van der Waals surface area contributed by atoms with Crippen molar-refractivity contribution in [2.24, 2.45) is 7.05 Å². The highest BCUT2D eigenvalue weighted by atomic mass is 16.5. The molecule has 0 spiro atoms. The maximum atomic E-state index is 11.0. The Labute approximate surface area is 93.5 Å². The quantitative estimate of drug-likeness (QED) is 0.736. The first-order valence-corrected chi connectivity index (χ1v) is 4.86. The molecule has 0 atom stereocenters. The molecule has 0 aliphatic rings. The summed E-state index contributed by atoms with van der Waals surface area (Å²) in [5.74, 6) is 0.656. The number of carbonyl (C=O) groups is 1. The average molecular weight is 216 g/mol. The fraction of sp³-hybridized carbons (Fsp3) is 0.167. The van der Waals surface area contributed by atoms with E-state index in [4.69, 9.17) is 4.74 Å². The highest BCUT2D eigenvalue weighted by Gasteiger charge is 2.12. The maximum absolute atomic E-state index is 11.0. The Kier molecular flexibility index (Phi) is 2.72. The molecule has 4 heteroatoms. The summed E-state index contributed by atoms with van der Waals surface area (Å²) in [6.07, 6.45) is 4.35. The van der Waals surface area contributed by atoms with Gasteiger partial charge >= 0.3 is 0 Å². The van der Waals surface area contributed by atoms with Crippen LogP contribution in [0.5, 0.6) is 5.75 Å². The van der Waals surface area contributed by atoms with Gasteiger partial charge in [-0.05, 0) is 6.07 Å². The molecule has 1 aromatic heterocycles. The van der Waals surface area contributed by atoms with Crippen molar-refractivity contribution in [1.82, 2.24) is 9.55 Å². The number of nitrogens with zero attached hydrogens (tertiary/aromatic N) is 2. The van der Waals surface area contributed by atoms with Gasteiger partial charge in [-0.25, -0.2) is 4.98 Å². The van der Waals surface area contributed by atoms with Gasteiger partial charge in [-0.2, -0.15) is 0 Å². The van der Waals surface area contributed by atoms with Crippen molar-refractivity contribution in [3.05, 3.63) is 36.3 Å². The van der Waals surface area contributed by atoms with Crippen molar-refractivity contribution >= 4 is 6.29 Å². The summed E-state index contributed by atoms with van der Waals surface area (Å²) in [7, 11) is 3.46. The molecule has 16 heavy (non-hydrogen) atoms. The van der Waals surface area contributed by atoms with E-state index in [9.17, 15) is 4.79 Å². The highest BCUT2D eigenvalue weighted by molar-refractivity contribution is 5.89. The second kappa shape index (κ2) is 4.18. The van der Waals surface area contributed by atoms with Gasteiger partial charge in [-0.3, -0.25) is 4.79 Å². The second-order valence-corrected chi connectivity index (χ2v) is 3.47. The lowest BCUT2D eigenvalue weighted by Crippen LogP contribution is -1.93. The first-order chi connectivity index (χ1) is 7.76. The topological polar surface area (TPSA) is 44.1 Å². The third kappa shape index (κ3) is 1.69. The van der Waals surface area contributed by atoms with E-state index in [1.807, 2.05) is 23.9 Å². The number of aromatic nitrogens is 2. The van der Waals surface area contributed by atoms with Gasteiger partial charge in [0.1, 0.15) is 5.75 Å². The second-order valence-electron chi connectivity index (χ2n) is 3.47. The van der Waals surface area contributed by atoms with Crippen molar-refractivity contribution in [3.63, 3.8) is 0 Å². The summed E-state index contributed by atoms with van der Waals surface area (Å²) in [6, 6.07) is 5.35. The number of aryl methyl sites for hydroxylation is 1. The van der Waals surface area contributed by atoms with E-state index in [0.29, 0.717) is 11.3 Å². The van der Waals surface area contributed by atoms with Gasteiger partial charge in [0.2, 0.25) is 0 Å². The molecule has 0 fully saturated rings. The van der Waals surface area contributed by atoms with Crippen LogP contribution in [-0.2, 0) is 7.05 Å². The zero-order valence-electron chi connectivity index (χ0n) is 9.18. The Balaban J connectivity index is 2.65. The lowest BCUT2D eigenvalue weighted by molar-refractivity contribution is 0.112. The molecule has 82 valence electrons. The van der Waals surface area contributed by atoms with Crippen LogP contribution in [0.25, 0.3) is 11.3 Å². The predicted molar refractivity (Wildman–Crippen MR) is 60.6 cm³/mol. The molecule has 2 rings (SSSR count). The van der Waals surface area contributed by atoms with Gasteiger partial charge < -0.3 is 9.30 Å². The third-order valence-electron chi connectivity index (χ3n) is 2.37. The molecule has 1 aromatic carbocycles. The molecular weight excluding hydrogens is 204 g/mol. The molecule has 0 amide bonds. The number of benzene rings is 1. The normalized spacial score (nSPS) is 10.1. The van der Waals surface area contributed by atoms with Crippen LogP contribution in [0.3, 0.4) is 0 Å². The molecule has 0 aliphatic heterocycles. The highest BCUT2D eigenvalue weighted by Crippen LogP contribution is 2.31. The summed E-state index contributed by atoms with van der Waals surface area (Å²) < 4.78 is 7.07.